The fraction of sp³-hybridized carbons (Fsp3) is 0.344. The Morgan fingerprint density at radius 3 is 1.84 bits per heavy atom. The molecule has 260 valence electrons. The van der Waals surface area contributed by atoms with Crippen LogP contribution in [-0.4, -0.2) is 72.7 Å². The second kappa shape index (κ2) is 19.2. The molecule has 4 aromatic rings. The highest BCUT2D eigenvalue weighted by Crippen LogP contribution is 2.32. The Kier molecular flexibility index (Phi) is 14.9. The van der Waals surface area contributed by atoms with Crippen molar-refractivity contribution in [3.63, 3.8) is 0 Å². The van der Waals surface area contributed by atoms with Crippen molar-refractivity contribution in [3.05, 3.63) is 105 Å². The molecule has 0 atom stereocenters. The number of non-ortho nitro benzene ring substituents is 2. The predicted molar refractivity (Wildman–Crippen MR) is 181 cm³/mol. The summed E-state index contributed by atoms with van der Waals surface area (Å²) < 4.78 is 6.09. The van der Waals surface area contributed by atoms with E-state index in [1.807, 2.05) is 0 Å². The lowest BCUT2D eigenvalue weighted by Crippen LogP contribution is -2.37. The number of halogens is 1. The van der Waals surface area contributed by atoms with E-state index in [2.05, 4.69) is 19.7 Å². The number of rotatable bonds is 6. The lowest BCUT2D eigenvalue weighted by molar-refractivity contribution is -0.385. The first-order valence-electron chi connectivity index (χ1n) is 15.3. The Bertz CT molecular complexity index is 1680. The van der Waals surface area contributed by atoms with Gasteiger partial charge in [0.15, 0.2) is 0 Å². The summed E-state index contributed by atoms with van der Waals surface area (Å²) in [7, 11) is 0. The van der Waals surface area contributed by atoms with Gasteiger partial charge in [-0.25, -0.2) is 9.97 Å². The molecule has 16 nitrogen and oxygen atoms in total. The number of esters is 1. The van der Waals surface area contributed by atoms with Gasteiger partial charge >= 0.3 is 5.97 Å². The Balaban J connectivity index is 0.000000206. The minimum Gasteiger partial charge on any atom is -0.466 e. The SMILES string of the molecule is CCOC(C)=O.O=C(CCl)N1CCCc2ccc([N+](=O)[O-])cc21.O=C(Cn1ccnc1)N1CCCc2ccc([N+](=O)[O-])cc21.c1c[nH]cn1. The van der Waals surface area contributed by atoms with Crippen LogP contribution in [0.25, 0.3) is 0 Å². The van der Waals surface area contributed by atoms with Crippen LogP contribution in [-0.2, 0) is 38.5 Å². The van der Waals surface area contributed by atoms with E-state index in [1.165, 1.54) is 36.1 Å². The number of nitro benzene ring substituents is 2. The number of imidazole rings is 2. The molecule has 0 unspecified atom stereocenters. The molecule has 0 aliphatic carbocycles. The molecule has 2 aliphatic heterocycles. The molecule has 0 fully saturated rings. The van der Waals surface area contributed by atoms with Gasteiger partial charge in [0.05, 0.1) is 40.5 Å². The second-order valence-corrected chi connectivity index (χ2v) is 10.8. The molecule has 0 radical (unpaired) electrons. The number of carbonyl (C=O) groups excluding carboxylic acids is 3. The van der Waals surface area contributed by atoms with Crippen LogP contribution in [0.4, 0.5) is 22.7 Å². The number of carbonyl (C=O) groups is 3. The van der Waals surface area contributed by atoms with Gasteiger partial charge < -0.3 is 24.1 Å². The number of aromatic amines is 1. The van der Waals surface area contributed by atoms with Crippen molar-refractivity contribution < 1.29 is 29.0 Å². The number of nitrogens with zero attached hydrogens (tertiary/aromatic N) is 7. The molecule has 2 aromatic carbocycles. The Labute approximate surface area is 287 Å². The van der Waals surface area contributed by atoms with Crippen molar-refractivity contribution in [1.82, 2.24) is 19.5 Å². The quantitative estimate of drug-likeness (QED) is 0.126. The standard InChI is InChI=1S/C14H14N4O3.C11H11ClN2O3.C4H8O2.C3H4N2/c19-14(9-16-7-5-15-10-16)17-6-1-2-11-3-4-12(18(20)21)8-13(11)17;12-7-11(15)13-5-1-2-8-3-4-9(14(16)17)6-10(8)13;1-3-6-4(2)5;1-2-5-3-4-1/h3-5,7-8,10H,1-2,6,9H2;3-4,6H,1-2,5,7H2;3H2,1-2H3;1-3H,(H,4,5). The van der Waals surface area contributed by atoms with Crippen molar-refractivity contribution in [2.24, 2.45) is 0 Å². The summed E-state index contributed by atoms with van der Waals surface area (Å²) >= 11 is 5.53. The van der Waals surface area contributed by atoms with Gasteiger partial charge in [-0.2, -0.15) is 0 Å². The summed E-state index contributed by atoms with van der Waals surface area (Å²) in [6.07, 6.45) is 13.4. The van der Waals surface area contributed by atoms with Crippen molar-refractivity contribution >= 4 is 52.1 Å². The average molecular weight is 697 g/mol. The number of nitrogens with one attached hydrogen (secondary N) is 1. The maximum Gasteiger partial charge on any atom is 0.302 e. The number of nitro groups is 2. The summed E-state index contributed by atoms with van der Waals surface area (Å²) in [6, 6.07) is 9.33. The smallest absolute Gasteiger partial charge is 0.302 e. The first-order chi connectivity index (χ1) is 23.5. The molecule has 2 aliphatic rings. The molecular weight excluding hydrogens is 660 g/mol. The van der Waals surface area contributed by atoms with Gasteiger partial charge in [0.2, 0.25) is 11.8 Å². The van der Waals surface area contributed by atoms with E-state index in [9.17, 15) is 34.6 Å². The molecule has 49 heavy (non-hydrogen) atoms. The van der Waals surface area contributed by atoms with Gasteiger partial charge in [0, 0.05) is 69.1 Å². The minimum absolute atomic E-state index is 0.00183. The fourth-order valence-corrected chi connectivity index (χ4v) is 5.13. The van der Waals surface area contributed by atoms with Crippen molar-refractivity contribution in [3.8, 4) is 0 Å². The summed E-state index contributed by atoms with van der Waals surface area (Å²) in [5.74, 6) is -0.623. The molecule has 0 bridgehead atoms. The Morgan fingerprint density at radius 2 is 1.47 bits per heavy atom. The number of aryl methyl sites for hydroxylation is 2. The van der Waals surface area contributed by atoms with E-state index >= 15 is 0 Å². The summed E-state index contributed by atoms with van der Waals surface area (Å²) in [5, 5.41) is 21.6. The van der Waals surface area contributed by atoms with Gasteiger partial charge in [-0.3, -0.25) is 34.6 Å². The molecule has 4 heterocycles. The normalized spacial score (nSPS) is 12.6. The highest BCUT2D eigenvalue weighted by atomic mass is 35.5. The number of ether oxygens (including phenoxy) is 1. The second-order valence-electron chi connectivity index (χ2n) is 10.5. The van der Waals surface area contributed by atoms with Crippen molar-refractivity contribution in [2.75, 3.05) is 35.4 Å². The average Bonchev–Trinajstić information content (AvgIpc) is 3.85. The molecular formula is C32H37ClN8O8. The Morgan fingerprint density at radius 1 is 0.898 bits per heavy atom. The van der Waals surface area contributed by atoms with Gasteiger partial charge in [0.25, 0.3) is 11.4 Å². The fourth-order valence-electron chi connectivity index (χ4n) is 4.98. The summed E-state index contributed by atoms with van der Waals surface area (Å²) in [4.78, 5) is 68.1. The van der Waals surface area contributed by atoms with Crippen molar-refractivity contribution in [2.45, 2.75) is 46.1 Å². The highest BCUT2D eigenvalue weighted by molar-refractivity contribution is 6.29. The summed E-state index contributed by atoms with van der Waals surface area (Å²) in [5.41, 5.74) is 3.22. The number of aromatic nitrogens is 4. The minimum atomic E-state index is -0.460. The van der Waals surface area contributed by atoms with Crippen LogP contribution in [0.2, 0.25) is 0 Å². The van der Waals surface area contributed by atoms with Crippen LogP contribution in [0.3, 0.4) is 0 Å². The molecule has 17 heteroatoms. The van der Waals surface area contributed by atoms with E-state index in [0.717, 1.165) is 36.8 Å². The largest absolute Gasteiger partial charge is 0.466 e. The highest BCUT2D eigenvalue weighted by Gasteiger charge is 2.25. The number of amides is 2. The first kappa shape index (κ1) is 37.8. The maximum absolute atomic E-state index is 12.4. The molecule has 1 N–H and O–H groups in total. The van der Waals surface area contributed by atoms with Crippen LogP contribution >= 0.6 is 11.6 Å². The zero-order valence-electron chi connectivity index (χ0n) is 27.1. The lowest BCUT2D eigenvalue weighted by Gasteiger charge is -2.29. The third-order valence-corrected chi connectivity index (χ3v) is 7.37. The van der Waals surface area contributed by atoms with Crippen LogP contribution in [0.1, 0.15) is 37.8 Å². The van der Waals surface area contributed by atoms with E-state index in [4.69, 9.17) is 11.6 Å². The van der Waals surface area contributed by atoms with Gasteiger partial charge in [0.1, 0.15) is 12.4 Å². The topological polar surface area (TPSA) is 200 Å². The molecule has 2 amide bonds. The van der Waals surface area contributed by atoms with Gasteiger partial charge in [-0.05, 0) is 43.7 Å². The lowest BCUT2D eigenvalue weighted by atomic mass is 10.0. The monoisotopic (exact) mass is 696 g/mol. The van der Waals surface area contributed by atoms with Crippen LogP contribution in [0.5, 0.6) is 0 Å². The van der Waals surface area contributed by atoms with E-state index in [0.29, 0.717) is 31.1 Å². The predicted octanol–water partition coefficient (Wildman–Crippen LogP) is 4.86. The Hall–Kier alpha value is -5.64. The van der Waals surface area contributed by atoms with Gasteiger partial charge in [-0.1, -0.05) is 12.1 Å². The molecule has 2 aromatic heterocycles. The number of fused-ring (bicyclic) bond motifs is 2. The number of anilines is 2. The zero-order valence-corrected chi connectivity index (χ0v) is 27.8. The maximum atomic E-state index is 12.4. The number of alkyl halides is 1. The first-order valence-corrected chi connectivity index (χ1v) is 15.8. The number of hydrogen-bond acceptors (Lipinski definition) is 10. The van der Waals surface area contributed by atoms with Crippen LogP contribution in [0, 0.1) is 20.2 Å². The molecule has 0 saturated carbocycles. The molecule has 6 rings (SSSR count). The third kappa shape index (κ3) is 11.5. The van der Waals surface area contributed by atoms with Crippen LogP contribution < -0.4 is 9.80 Å². The summed E-state index contributed by atoms with van der Waals surface area (Å²) in [6.45, 7) is 4.99. The molecule has 0 saturated heterocycles. The third-order valence-electron chi connectivity index (χ3n) is 7.14. The molecule has 0 spiro atoms. The van der Waals surface area contributed by atoms with E-state index in [-0.39, 0.29) is 41.6 Å². The van der Waals surface area contributed by atoms with Crippen molar-refractivity contribution in [1.29, 1.82) is 0 Å². The number of H-pyrrole nitrogens is 1. The zero-order chi connectivity index (χ0) is 35.8. The van der Waals surface area contributed by atoms with Gasteiger partial charge in [-0.15, -0.1) is 11.6 Å². The van der Waals surface area contributed by atoms with E-state index in [1.54, 1.807) is 66.0 Å². The van der Waals surface area contributed by atoms with Crippen LogP contribution in [0.15, 0.2) is 73.8 Å². The number of benzene rings is 2. The number of hydrogen-bond donors (Lipinski definition) is 1. The van der Waals surface area contributed by atoms with E-state index < -0.39 is 9.85 Å².